The summed E-state index contributed by atoms with van der Waals surface area (Å²) < 4.78 is 0. The fourth-order valence-corrected chi connectivity index (χ4v) is 3.22. The molecule has 0 spiro atoms. The fraction of sp³-hybridized carbons (Fsp3) is 0.176. The van der Waals surface area contributed by atoms with Crippen LogP contribution in [0, 0.1) is 0 Å². The van der Waals surface area contributed by atoms with Crippen molar-refractivity contribution in [2.75, 3.05) is 17.6 Å². The number of carbonyl (C=O) groups excluding carboxylic acids is 2. The minimum Gasteiger partial charge on any atom is -0.352 e. The molecule has 0 aliphatic rings. The first kappa shape index (κ1) is 18.6. The Morgan fingerprint density at radius 2 is 1.92 bits per heavy atom. The molecule has 2 aromatic rings. The molecule has 2 N–H and O–H groups in total. The second-order valence-corrected chi connectivity index (χ2v) is 6.71. The van der Waals surface area contributed by atoms with Gasteiger partial charge in [-0.1, -0.05) is 29.3 Å². The lowest BCUT2D eigenvalue weighted by atomic mass is 10.2. The smallest absolute Gasteiger partial charge is 0.251 e. The second-order valence-electron chi connectivity index (χ2n) is 4.85. The van der Waals surface area contributed by atoms with E-state index in [1.807, 2.05) is 6.92 Å². The summed E-state index contributed by atoms with van der Waals surface area (Å²) in [5.41, 5.74) is 1.07. The Bertz CT molecular complexity index is 753. The van der Waals surface area contributed by atoms with E-state index in [1.165, 1.54) is 11.8 Å². The summed E-state index contributed by atoms with van der Waals surface area (Å²) in [7, 11) is 0. The number of hydrogen-bond donors (Lipinski definition) is 2. The zero-order valence-electron chi connectivity index (χ0n) is 12.9. The van der Waals surface area contributed by atoms with Crippen LogP contribution >= 0.6 is 35.0 Å². The van der Waals surface area contributed by atoms with Gasteiger partial charge in [0.25, 0.3) is 5.91 Å². The van der Waals surface area contributed by atoms with Crippen molar-refractivity contribution in [1.29, 1.82) is 0 Å². The number of halogens is 2. The molecule has 7 heteroatoms. The molecule has 0 saturated heterocycles. The molecule has 24 heavy (non-hydrogen) atoms. The molecule has 0 saturated carbocycles. The molecule has 0 atom stereocenters. The summed E-state index contributed by atoms with van der Waals surface area (Å²) in [5.74, 6) is -0.177. The van der Waals surface area contributed by atoms with E-state index in [0.29, 0.717) is 27.8 Å². The normalized spacial score (nSPS) is 10.3. The molecule has 4 nitrogen and oxygen atoms in total. The van der Waals surface area contributed by atoms with E-state index in [2.05, 4.69) is 10.6 Å². The van der Waals surface area contributed by atoms with Gasteiger partial charge >= 0.3 is 0 Å². The van der Waals surface area contributed by atoms with Crippen molar-refractivity contribution in [2.24, 2.45) is 0 Å². The number of thioether (sulfide) groups is 1. The van der Waals surface area contributed by atoms with Crippen LogP contribution in [0.1, 0.15) is 17.3 Å². The molecule has 0 fully saturated rings. The third-order valence-electron chi connectivity index (χ3n) is 3.00. The summed E-state index contributed by atoms with van der Waals surface area (Å²) in [6.07, 6.45) is 0. The number of carbonyl (C=O) groups is 2. The number of amides is 2. The first-order chi connectivity index (χ1) is 11.5. The van der Waals surface area contributed by atoms with Crippen LogP contribution in [0.15, 0.2) is 47.4 Å². The van der Waals surface area contributed by atoms with Gasteiger partial charge < -0.3 is 10.6 Å². The molecule has 2 aromatic carbocycles. The van der Waals surface area contributed by atoms with Crippen molar-refractivity contribution in [1.82, 2.24) is 5.32 Å². The zero-order valence-corrected chi connectivity index (χ0v) is 15.3. The molecule has 126 valence electrons. The van der Waals surface area contributed by atoms with Crippen molar-refractivity contribution in [3.63, 3.8) is 0 Å². The summed E-state index contributed by atoms with van der Waals surface area (Å²) in [5, 5.41) is 6.60. The van der Waals surface area contributed by atoms with Gasteiger partial charge in [-0.05, 0) is 43.3 Å². The van der Waals surface area contributed by atoms with Crippen LogP contribution in [-0.4, -0.2) is 24.1 Å². The van der Waals surface area contributed by atoms with Gasteiger partial charge in [0.15, 0.2) is 0 Å². The molecular formula is C17H16Cl2N2O2S. The van der Waals surface area contributed by atoms with Crippen LogP contribution in [0.2, 0.25) is 10.0 Å². The number of nitrogens with one attached hydrogen (secondary N) is 2. The Kier molecular flexibility index (Phi) is 6.97. The minimum atomic E-state index is -0.191. The van der Waals surface area contributed by atoms with Crippen LogP contribution in [0.3, 0.4) is 0 Å². The summed E-state index contributed by atoms with van der Waals surface area (Å²) in [6, 6.07) is 11.9. The van der Waals surface area contributed by atoms with Crippen molar-refractivity contribution in [3.05, 3.63) is 58.1 Å². The number of anilines is 1. The highest BCUT2D eigenvalue weighted by atomic mass is 35.5. The molecule has 0 unspecified atom stereocenters. The summed E-state index contributed by atoms with van der Waals surface area (Å²) in [6.45, 7) is 2.40. The SMILES string of the molecule is CCNC(=O)c1cccc(NC(=O)CSc2cc(Cl)ccc2Cl)c1. The highest BCUT2D eigenvalue weighted by molar-refractivity contribution is 8.00. The third kappa shape index (κ3) is 5.44. The van der Waals surface area contributed by atoms with E-state index in [4.69, 9.17) is 23.2 Å². The Morgan fingerprint density at radius 1 is 1.12 bits per heavy atom. The molecule has 0 bridgehead atoms. The maximum Gasteiger partial charge on any atom is 0.251 e. The highest BCUT2D eigenvalue weighted by Gasteiger charge is 2.09. The van der Waals surface area contributed by atoms with Gasteiger partial charge in [-0.25, -0.2) is 0 Å². The van der Waals surface area contributed by atoms with E-state index in [0.717, 1.165) is 4.90 Å². The van der Waals surface area contributed by atoms with Crippen LogP contribution in [0.25, 0.3) is 0 Å². The number of benzene rings is 2. The molecule has 2 amide bonds. The standard InChI is InChI=1S/C17H16Cl2N2O2S/c1-2-20-17(23)11-4-3-5-13(8-11)21-16(22)10-24-15-9-12(18)6-7-14(15)19/h3-9H,2,10H2,1H3,(H,20,23)(H,21,22). The largest absolute Gasteiger partial charge is 0.352 e. The van der Waals surface area contributed by atoms with Gasteiger partial charge in [-0.2, -0.15) is 0 Å². The van der Waals surface area contributed by atoms with Crippen molar-refractivity contribution in [3.8, 4) is 0 Å². The van der Waals surface area contributed by atoms with E-state index >= 15 is 0 Å². The number of hydrogen-bond acceptors (Lipinski definition) is 3. The van der Waals surface area contributed by atoms with Crippen LogP contribution in [-0.2, 0) is 4.79 Å². The Labute approximate surface area is 154 Å². The predicted octanol–water partition coefficient (Wildman–Crippen LogP) is 4.47. The lowest BCUT2D eigenvalue weighted by molar-refractivity contribution is -0.113. The second kappa shape index (κ2) is 8.97. The van der Waals surface area contributed by atoms with Gasteiger partial charge in [0.05, 0.1) is 10.8 Å². The van der Waals surface area contributed by atoms with Crippen LogP contribution in [0.5, 0.6) is 0 Å². The van der Waals surface area contributed by atoms with E-state index in [-0.39, 0.29) is 17.6 Å². The van der Waals surface area contributed by atoms with Gasteiger partial charge in [-0.15, -0.1) is 11.8 Å². The Balaban J connectivity index is 1.96. The zero-order chi connectivity index (χ0) is 17.5. The van der Waals surface area contributed by atoms with Gasteiger partial charge in [-0.3, -0.25) is 9.59 Å². The molecule has 0 aliphatic carbocycles. The topological polar surface area (TPSA) is 58.2 Å². The molecule has 0 heterocycles. The molecule has 0 aromatic heterocycles. The predicted molar refractivity (Wildman–Crippen MR) is 100 cm³/mol. The van der Waals surface area contributed by atoms with Gasteiger partial charge in [0.2, 0.25) is 5.91 Å². The summed E-state index contributed by atoms with van der Waals surface area (Å²) >= 11 is 13.3. The molecule has 0 radical (unpaired) electrons. The van der Waals surface area contributed by atoms with E-state index in [1.54, 1.807) is 42.5 Å². The maximum atomic E-state index is 12.1. The number of rotatable bonds is 6. The lowest BCUT2D eigenvalue weighted by Gasteiger charge is -2.08. The van der Waals surface area contributed by atoms with Crippen molar-refractivity contribution < 1.29 is 9.59 Å². The highest BCUT2D eigenvalue weighted by Crippen LogP contribution is 2.29. The fourth-order valence-electron chi connectivity index (χ4n) is 1.93. The molecule has 2 rings (SSSR count). The van der Waals surface area contributed by atoms with E-state index < -0.39 is 0 Å². The first-order valence-electron chi connectivity index (χ1n) is 7.25. The Morgan fingerprint density at radius 3 is 2.67 bits per heavy atom. The Hall–Kier alpha value is -1.69. The van der Waals surface area contributed by atoms with Crippen molar-refractivity contribution >= 4 is 52.5 Å². The third-order valence-corrected chi connectivity index (χ3v) is 4.73. The van der Waals surface area contributed by atoms with Gasteiger partial charge in [0.1, 0.15) is 0 Å². The van der Waals surface area contributed by atoms with Crippen LogP contribution < -0.4 is 10.6 Å². The average molecular weight is 383 g/mol. The first-order valence-corrected chi connectivity index (χ1v) is 8.99. The van der Waals surface area contributed by atoms with Crippen LogP contribution in [0.4, 0.5) is 5.69 Å². The quantitative estimate of drug-likeness (QED) is 0.724. The lowest BCUT2D eigenvalue weighted by Crippen LogP contribution is -2.23. The maximum absolute atomic E-state index is 12.1. The average Bonchev–Trinajstić information content (AvgIpc) is 2.56. The molecule has 0 aliphatic heterocycles. The van der Waals surface area contributed by atoms with Crippen molar-refractivity contribution in [2.45, 2.75) is 11.8 Å². The monoisotopic (exact) mass is 382 g/mol. The minimum absolute atomic E-state index is 0.173. The van der Waals surface area contributed by atoms with Gasteiger partial charge in [0, 0.05) is 27.7 Å². The molecular weight excluding hydrogens is 367 g/mol. The van der Waals surface area contributed by atoms with E-state index in [9.17, 15) is 9.59 Å². The summed E-state index contributed by atoms with van der Waals surface area (Å²) in [4.78, 5) is 24.6.